The Morgan fingerprint density at radius 1 is 1.03 bits per heavy atom. The number of hydrogen-bond donors (Lipinski definition) is 1. The van der Waals surface area contributed by atoms with Gasteiger partial charge in [0.2, 0.25) is 15.9 Å². The van der Waals surface area contributed by atoms with Gasteiger partial charge in [0.15, 0.2) is 0 Å². The van der Waals surface area contributed by atoms with Gasteiger partial charge in [0.1, 0.15) is 18.2 Å². The van der Waals surface area contributed by atoms with E-state index in [1.54, 1.807) is 30.3 Å². The van der Waals surface area contributed by atoms with Crippen LogP contribution in [0.25, 0.3) is 11.0 Å². The second-order valence-corrected chi connectivity index (χ2v) is 10.5. The van der Waals surface area contributed by atoms with Crippen molar-refractivity contribution in [2.75, 3.05) is 19.4 Å². The molecule has 0 aliphatic rings. The molecule has 0 saturated carbocycles. The molecule has 0 bridgehead atoms. The summed E-state index contributed by atoms with van der Waals surface area (Å²) in [4.78, 5) is 17.3. The zero-order chi connectivity index (χ0) is 25.0. The standard InChI is InChI=1S/C26H28N4O4S/c1-29(2)35(32,33)22-13-14-24-23(17-22)28-25(30(24)3)15-16-26(31)27-20-9-11-21(12-10-20)34-18-19-7-5-4-6-8-19/h4-14,17H,15-16,18H2,1-3H3,(H,27,31). The van der Waals surface area contributed by atoms with Crippen LogP contribution in [0.4, 0.5) is 5.69 Å². The lowest BCUT2D eigenvalue weighted by Crippen LogP contribution is -2.22. The normalized spacial score (nSPS) is 11.7. The Kier molecular flexibility index (Phi) is 7.18. The van der Waals surface area contributed by atoms with Crippen LogP contribution in [-0.4, -0.2) is 42.3 Å². The lowest BCUT2D eigenvalue weighted by atomic mass is 10.2. The number of ether oxygens (including phenoxy) is 1. The van der Waals surface area contributed by atoms with Gasteiger partial charge in [-0.25, -0.2) is 17.7 Å². The van der Waals surface area contributed by atoms with Crippen molar-refractivity contribution in [2.24, 2.45) is 7.05 Å². The van der Waals surface area contributed by atoms with Gasteiger partial charge >= 0.3 is 0 Å². The summed E-state index contributed by atoms with van der Waals surface area (Å²) in [5, 5.41) is 2.89. The number of aromatic nitrogens is 2. The van der Waals surface area contributed by atoms with Crippen LogP contribution in [0, 0.1) is 0 Å². The first-order chi connectivity index (χ1) is 16.7. The summed E-state index contributed by atoms with van der Waals surface area (Å²) in [7, 11) is 1.30. The summed E-state index contributed by atoms with van der Waals surface area (Å²) < 4.78 is 33.6. The smallest absolute Gasteiger partial charge is 0.242 e. The highest BCUT2D eigenvalue weighted by Crippen LogP contribution is 2.22. The molecule has 4 rings (SSSR count). The van der Waals surface area contributed by atoms with E-state index in [1.165, 1.54) is 18.4 Å². The fraction of sp³-hybridized carbons (Fsp3) is 0.231. The van der Waals surface area contributed by atoms with Gasteiger partial charge in [-0.1, -0.05) is 30.3 Å². The van der Waals surface area contributed by atoms with Crippen LogP contribution in [0.5, 0.6) is 5.75 Å². The van der Waals surface area contributed by atoms with Crippen molar-refractivity contribution in [3.63, 3.8) is 0 Å². The zero-order valence-corrected chi connectivity index (χ0v) is 20.7. The van der Waals surface area contributed by atoms with E-state index in [9.17, 15) is 13.2 Å². The molecule has 182 valence electrons. The first-order valence-corrected chi connectivity index (χ1v) is 12.6. The zero-order valence-electron chi connectivity index (χ0n) is 19.9. The lowest BCUT2D eigenvalue weighted by molar-refractivity contribution is -0.116. The number of carbonyl (C=O) groups excluding carboxylic acids is 1. The molecule has 8 nitrogen and oxygen atoms in total. The van der Waals surface area contributed by atoms with E-state index < -0.39 is 10.0 Å². The molecule has 1 amide bonds. The molecule has 4 aromatic rings. The Bertz CT molecular complexity index is 1430. The van der Waals surface area contributed by atoms with Crippen LogP contribution in [0.3, 0.4) is 0 Å². The molecule has 0 aliphatic heterocycles. The Hall–Kier alpha value is -3.69. The highest BCUT2D eigenvalue weighted by molar-refractivity contribution is 7.89. The molecule has 0 aliphatic carbocycles. The molecule has 3 aromatic carbocycles. The third-order valence-corrected chi connectivity index (χ3v) is 7.50. The number of fused-ring (bicyclic) bond motifs is 1. The van der Waals surface area contributed by atoms with Gasteiger partial charge in [-0.2, -0.15) is 0 Å². The van der Waals surface area contributed by atoms with Gasteiger partial charge in [-0.3, -0.25) is 4.79 Å². The number of hydrogen-bond acceptors (Lipinski definition) is 5. The second kappa shape index (κ2) is 10.3. The summed E-state index contributed by atoms with van der Waals surface area (Å²) in [5.74, 6) is 1.30. The summed E-state index contributed by atoms with van der Waals surface area (Å²) in [6.45, 7) is 0.479. The summed E-state index contributed by atoms with van der Waals surface area (Å²) in [6.07, 6.45) is 0.664. The molecular weight excluding hydrogens is 464 g/mol. The number of sulfonamides is 1. The highest BCUT2D eigenvalue weighted by Gasteiger charge is 2.19. The number of aryl methyl sites for hydroxylation is 2. The van der Waals surface area contributed by atoms with Crippen LogP contribution in [0.2, 0.25) is 0 Å². The fourth-order valence-electron chi connectivity index (χ4n) is 3.65. The minimum atomic E-state index is -3.54. The van der Waals surface area contributed by atoms with Crippen molar-refractivity contribution in [3.05, 3.63) is 84.2 Å². The van der Waals surface area contributed by atoms with E-state index in [4.69, 9.17) is 4.74 Å². The van der Waals surface area contributed by atoms with Gasteiger partial charge in [-0.15, -0.1) is 0 Å². The van der Waals surface area contributed by atoms with Crippen LogP contribution in [-0.2, 0) is 34.9 Å². The molecule has 0 radical (unpaired) electrons. The number of nitrogens with zero attached hydrogens (tertiary/aromatic N) is 3. The molecule has 0 unspecified atom stereocenters. The third-order valence-electron chi connectivity index (χ3n) is 5.69. The van der Waals surface area contributed by atoms with Crippen molar-refractivity contribution in [2.45, 2.75) is 24.3 Å². The van der Waals surface area contributed by atoms with Gasteiger partial charge in [0.05, 0.1) is 15.9 Å². The average molecular weight is 493 g/mol. The van der Waals surface area contributed by atoms with E-state index >= 15 is 0 Å². The maximum atomic E-state index is 12.5. The van der Waals surface area contributed by atoms with E-state index in [2.05, 4.69) is 10.3 Å². The van der Waals surface area contributed by atoms with Gasteiger partial charge in [0, 0.05) is 39.7 Å². The number of nitrogens with one attached hydrogen (secondary N) is 1. The van der Waals surface area contributed by atoms with Crippen molar-refractivity contribution in [1.82, 2.24) is 13.9 Å². The Balaban J connectivity index is 1.35. The predicted octanol–water partition coefficient (Wildman–Crippen LogP) is 3.97. The number of imidazole rings is 1. The lowest BCUT2D eigenvalue weighted by Gasteiger charge is -2.10. The minimum absolute atomic E-state index is 0.133. The monoisotopic (exact) mass is 492 g/mol. The molecule has 0 atom stereocenters. The number of benzene rings is 3. The molecule has 0 spiro atoms. The highest BCUT2D eigenvalue weighted by atomic mass is 32.2. The van der Waals surface area contributed by atoms with E-state index in [-0.39, 0.29) is 17.2 Å². The predicted molar refractivity (Wildman–Crippen MR) is 136 cm³/mol. The molecule has 35 heavy (non-hydrogen) atoms. The van der Waals surface area contributed by atoms with Gasteiger partial charge in [0.25, 0.3) is 0 Å². The molecule has 1 aromatic heterocycles. The van der Waals surface area contributed by atoms with Crippen molar-refractivity contribution in [1.29, 1.82) is 0 Å². The number of amides is 1. The number of anilines is 1. The average Bonchev–Trinajstić information content (AvgIpc) is 3.17. The Labute approximate surface area is 205 Å². The van der Waals surface area contributed by atoms with Crippen LogP contribution in [0.15, 0.2) is 77.7 Å². The summed E-state index contributed by atoms with van der Waals surface area (Å²) in [6, 6.07) is 22.0. The van der Waals surface area contributed by atoms with Crippen LogP contribution < -0.4 is 10.1 Å². The quantitative estimate of drug-likeness (QED) is 0.382. The number of carbonyl (C=O) groups is 1. The van der Waals surface area contributed by atoms with Gasteiger partial charge < -0.3 is 14.6 Å². The van der Waals surface area contributed by atoms with Crippen molar-refractivity contribution < 1.29 is 17.9 Å². The van der Waals surface area contributed by atoms with Gasteiger partial charge in [-0.05, 0) is 48.0 Å². The Morgan fingerprint density at radius 3 is 2.43 bits per heavy atom. The fourth-order valence-corrected chi connectivity index (χ4v) is 4.57. The maximum Gasteiger partial charge on any atom is 0.242 e. The molecular formula is C26H28N4O4S. The van der Waals surface area contributed by atoms with E-state index in [1.807, 2.05) is 54.1 Å². The largest absolute Gasteiger partial charge is 0.489 e. The van der Waals surface area contributed by atoms with E-state index in [0.29, 0.717) is 30.1 Å². The topological polar surface area (TPSA) is 93.5 Å². The SMILES string of the molecule is CN(C)S(=O)(=O)c1ccc2c(c1)nc(CCC(=O)Nc1ccc(OCc3ccccc3)cc1)n2C. The molecule has 0 fully saturated rings. The second-order valence-electron chi connectivity index (χ2n) is 8.37. The van der Waals surface area contributed by atoms with Crippen molar-refractivity contribution >= 4 is 32.7 Å². The number of rotatable bonds is 9. The molecule has 0 saturated heterocycles. The molecule has 1 heterocycles. The summed E-state index contributed by atoms with van der Waals surface area (Å²) in [5.41, 5.74) is 3.16. The van der Waals surface area contributed by atoms with Crippen LogP contribution in [0.1, 0.15) is 17.8 Å². The van der Waals surface area contributed by atoms with Crippen LogP contribution >= 0.6 is 0 Å². The van der Waals surface area contributed by atoms with Crippen molar-refractivity contribution in [3.8, 4) is 5.75 Å². The molecule has 1 N–H and O–H groups in total. The maximum absolute atomic E-state index is 12.5. The van der Waals surface area contributed by atoms with E-state index in [0.717, 1.165) is 16.8 Å². The Morgan fingerprint density at radius 2 is 1.74 bits per heavy atom. The minimum Gasteiger partial charge on any atom is -0.489 e. The third kappa shape index (κ3) is 5.70. The molecule has 9 heteroatoms. The first-order valence-electron chi connectivity index (χ1n) is 11.2. The summed E-state index contributed by atoms with van der Waals surface area (Å²) >= 11 is 0. The first kappa shape index (κ1) is 24.4.